The molecule has 1 atom stereocenters. The summed E-state index contributed by atoms with van der Waals surface area (Å²) in [5.74, 6) is -1.17. The maximum absolute atomic E-state index is 12.5. The van der Waals surface area contributed by atoms with Crippen molar-refractivity contribution in [3.63, 3.8) is 0 Å². The minimum Gasteiger partial charge on any atom is -0.478 e. The van der Waals surface area contributed by atoms with Crippen molar-refractivity contribution in [2.45, 2.75) is 30.4 Å². The van der Waals surface area contributed by atoms with Gasteiger partial charge >= 0.3 is 5.97 Å². The number of anilines is 2. The maximum Gasteiger partial charge on any atom is 0.335 e. The summed E-state index contributed by atoms with van der Waals surface area (Å²) in [7, 11) is 0. The molecule has 4 N–H and O–H groups in total. The molecule has 2 aromatic carbocycles. The van der Waals surface area contributed by atoms with Gasteiger partial charge in [-0.1, -0.05) is 13.0 Å². The molecule has 0 aromatic heterocycles. The number of aromatic carboxylic acids is 1. The van der Waals surface area contributed by atoms with Crippen LogP contribution in [0.15, 0.2) is 47.4 Å². The highest BCUT2D eigenvalue weighted by atomic mass is 32.2. The lowest BCUT2D eigenvalue weighted by atomic mass is 10.1. The molecule has 1 unspecified atom stereocenters. The van der Waals surface area contributed by atoms with E-state index < -0.39 is 5.97 Å². The smallest absolute Gasteiger partial charge is 0.335 e. The topological polar surface area (TPSA) is 92.4 Å². The molecule has 0 bridgehead atoms. The van der Waals surface area contributed by atoms with E-state index in [1.807, 2.05) is 26.0 Å². The van der Waals surface area contributed by atoms with E-state index in [2.05, 4.69) is 5.32 Å². The summed E-state index contributed by atoms with van der Waals surface area (Å²) < 4.78 is 0. The van der Waals surface area contributed by atoms with Crippen LogP contribution in [0.1, 0.15) is 29.3 Å². The summed E-state index contributed by atoms with van der Waals surface area (Å²) in [5, 5.41) is 11.6. The third kappa shape index (κ3) is 4.52. The number of hydrogen-bond acceptors (Lipinski definition) is 4. The molecule has 0 spiro atoms. The Balaban J connectivity index is 2.13. The van der Waals surface area contributed by atoms with Crippen LogP contribution in [0.2, 0.25) is 0 Å². The van der Waals surface area contributed by atoms with Gasteiger partial charge in [-0.2, -0.15) is 0 Å². The number of carbonyl (C=O) groups is 2. The third-order valence-electron chi connectivity index (χ3n) is 3.56. The molecule has 24 heavy (non-hydrogen) atoms. The van der Waals surface area contributed by atoms with Crippen molar-refractivity contribution in [3.05, 3.63) is 53.6 Å². The van der Waals surface area contributed by atoms with Crippen LogP contribution in [0, 0.1) is 6.92 Å². The largest absolute Gasteiger partial charge is 0.478 e. The van der Waals surface area contributed by atoms with Gasteiger partial charge in [-0.05, 0) is 55.3 Å². The lowest BCUT2D eigenvalue weighted by molar-refractivity contribution is -0.115. The summed E-state index contributed by atoms with van der Waals surface area (Å²) in [6.45, 7) is 3.77. The number of carboxylic acid groups (broad SMARTS) is 1. The molecule has 0 heterocycles. The molecule has 0 aliphatic heterocycles. The normalized spacial score (nSPS) is 11.8. The van der Waals surface area contributed by atoms with Gasteiger partial charge in [0, 0.05) is 16.3 Å². The highest BCUT2D eigenvalue weighted by Crippen LogP contribution is 2.28. The molecular formula is C18H20N2O3S. The summed E-state index contributed by atoms with van der Waals surface area (Å²) >= 11 is 1.46. The third-order valence-corrected chi connectivity index (χ3v) is 4.94. The number of amides is 1. The fraction of sp³-hybridized carbons (Fsp3) is 0.222. The van der Waals surface area contributed by atoms with E-state index in [1.54, 1.807) is 18.2 Å². The van der Waals surface area contributed by atoms with E-state index in [4.69, 9.17) is 10.8 Å². The Kier molecular flexibility index (Phi) is 5.87. The molecular weight excluding hydrogens is 324 g/mol. The van der Waals surface area contributed by atoms with Crippen LogP contribution in [0.3, 0.4) is 0 Å². The average molecular weight is 344 g/mol. The fourth-order valence-corrected chi connectivity index (χ4v) is 3.09. The highest BCUT2D eigenvalue weighted by molar-refractivity contribution is 8.00. The molecule has 5 nitrogen and oxygen atoms in total. The second-order valence-corrected chi connectivity index (χ2v) is 6.68. The van der Waals surface area contributed by atoms with Gasteiger partial charge in [0.1, 0.15) is 0 Å². The SMILES string of the molecule is CCC(Sc1ccc(N)cc1)C(=O)Nc1cc(C(=O)O)ccc1C. The zero-order valence-electron chi connectivity index (χ0n) is 13.6. The van der Waals surface area contributed by atoms with E-state index in [-0.39, 0.29) is 16.7 Å². The molecule has 0 aliphatic rings. The number of carboxylic acids is 1. The molecule has 2 aromatic rings. The predicted octanol–water partition coefficient (Wildman–Crippen LogP) is 3.78. The van der Waals surface area contributed by atoms with Gasteiger partial charge in [0.2, 0.25) is 5.91 Å². The first-order valence-corrected chi connectivity index (χ1v) is 8.45. The molecule has 0 saturated carbocycles. The zero-order valence-corrected chi connectivity index (χ0v) is 14.4. The van der Waals surface area contributed by atoms with Gasteiger partial charge in [-0.3, -0.25) is 4.79 Å². The molecule has 0 fully saturated rings. The standard InChI is InChI=1S/C18H20N2O3S/c1-3-16(24-14-8-6-13(19)7-9-14)17(21)20-15-10-12(18(22)23)5-4-11(15)2/h4-10,16H,3,19H2,1-2H3,(H,20,21)(H,22,23). The van der Waals surface area contributed by atoms with E-state index in [0.717, 1.165) is 10.5 Å². The van der Waals surface area contributed by atoms with Crippen LogP contribution >= 0.6 is 11.8 Å². The van der Waals surface area contributed by atoms with Crippen molar-refractivity contribution < 1.29 is 14.7 Å². The molecule has 126 valence electrons. The minimum atomic E-state index is -1.02. The first-order chi connectivity index (χ1) is 11.4. The first kappa shape index (κ1) is 17.9. The van der Waals surface area contributed by atoms with Crippen LogP contribution < -0.4 is 11.1 Å². The monoisotopic (exact) mass is 344 g/mol. The highest BCUT2D eigenvalue weighted by Gasteiger charge is 2.19. The van der Waals surface area contributed by atoms with E-state index in [0.29, 0.717) is 17.8 Å². The van der Waals surface area contributed by atoms with Crippen molar-refractivity contribution in [2.24, 2.45) is 0 Å². The number of nitrogens with one attached hydrogen (secondary N) is 1. The number of carbonyl (C=O) groups excluding carboxylic acids is 1. The fourth-order valence-electron chi connectivity index (χ4n) is 2.14. The quantitative estimate of drug-likeness (QED) is 0.548. The summed E-state index contributed by atoms with van der Waals surface area (Å²) in [6, 6.07) is 12.1. The van der Waals surface area contributed by atoms with Crippen molar-refractivity contribution in [1.29, 1.82) is 0 Å². The Bertz CT molecular complexity index is 744. The lowest BCUT2D eigenvalue weighted by Gasteiger charge is -2.16. The van der Waals surface area contributed by atoms with Crippen LogP contribution in [0.25, 0.3) is 0 Å². The van der Waals surface area contributed by atoms with Crippen LogP contribution in [0.5, 0.6) is 0 Å². The Morgan fingerprint density at radius 2 is 1.88 bits per heavy atom. The second-order valence-electron chi connectivity index (χ2n) is 5.41. The predicted molar refractivity (Wildman–Crippen MR) is 97.6 cm³/mol. The van der Waals surface area contributed by atoms with Gasteiger partial charge in [0.05, 0.1) is 10.8 Å². The number of rotatable bonds is 6. The second kappa shape index (κ2) is 7.88. The summed E-state index contributed by atoms with van der Waals surface area (Å²) in [6.07, 6.45) is 0.651. The molecule has 0 aliphatic carbocycles. The maximum atomic E-state index is 12.5. The number of hydrogen-bond donors (Lipinski definition) is 3. The van der Waals surface area contributed by atoms with Crippen molar-refractivity contribution in [1.82, 2.24) is 0 Å². The Hall–Kier alpha value is -2.47. The van der Waals surface area contributed by atoms with Gasteiger partial charge < -0.3 is 16.2 Å². The van der Waals surface area contributed by atoms with Crippen molar-refractivity contribution >= 4 is 35.0 Å². The molecule has 1 amide bonds. The lowest BCUT2D eigenvalue weighted by Crippen LogP contribution is -2.25. The Morgan fingerprint density at radius 3 is 2.46 bits per heavy atom. The summed E-state index contributed by atoms with van der Waals surface area (Å²) in [5.41, 5.74) is 7.84. The van der Waals surface area contributed by atoms with E-state index >= 15 is 0 Å². The molecule has 2 rings (SSSR count). The number of nitrogen functional groups attached to an aromatic ring is 1. The number of benzene rings is 2. The van der Waals surface area contributed by atoms with Gasteiger partial charge in [0.15, 0.2) is 0 Å². The van der Waals surface area contributed by atoms with Crippen molar-refractivity contribution in [2.75, 3.05) is 11.1 Å². The van der Waals surface area contributed by atoms with Gasteiger partial charge in [0.25, 0.3) is 0 Å². The van der Waals surface area contributed by atoms with E-state index in [1.165, 1.54) is 23.9 Å². The number of aryl methyl sites for hydroxylation is 1. The molecule has 0 saturated heterocycles. The van der Waals surface area contributed by atoms with Crippen LogP contribution in [-0.2, 0) is 4.79 Å². The number of thioether (sulfide) groups is 1. The summed E-state index contributed by atoms with van der Waals surface area (Å²) in [4.78, 5) is 24.6. The van der Waals surface area contributed by atoms with E-state index in [9.17, 15) is 9.59 Å². The molecule has 0 radical (unpaired) electrons. The average Bonchev–Trinajstić information content (AvgIpc) is 2.56. The minimum absolute atomic E-state index is 0.148. The Morgan fingerprint density at radius 1 is 1.21 bits per heavy atom. The molecule has 6 heteroatoms. The van der Waals surface area contributed by atoms with Gasteiger partial charge in [-0.25, -0.2) is 4.79 Å². The first-order valence-electron chi connectivity index (χ1n) is 7.57. The van der Waals surface area contributed by atoms with Crippen molar-refractivity contribution in [3.8, 4) is 0 Å². The van der Waals surface area contributed by atoms with Crippen LogP contribution in [0.4, 0.5) is 11.4 Å². The number of nitrogens with two attached hydrogens (primary N) is 1. The van der Waals surface area contributed by atoms with Crippen LogP contribution in [-0.4, -0.2) is 22.2 Å². The zero-order chi connectivity index (χ0) is 17.7. The van der Waals surface area contributed by atoms with Gasteiger partial charge in [-0.15, -0.1) is 11.8 Å². The Labute approximate surface area is 145 Å².